The largest absolute Gasteiger partial charge is 0.459 e. The molecule has 2 aromatic heterocycles. The number of amides is 1. The van der Waals surface area contributed by atoms with Crippen molar-refractivity contribution in [3.8, 4) is 11.7 Å². The fraction of sp³-hybridized carbons (Fsp3) is 0.278. The lowest BCUT2D eigenvalue weighted by Gasteiger charge is -2.18. The van der Waals surface area contributed by atoms with Gasteiger partial charge in [-0.25, -0.2) is 4.79 Å². The third-order valence-electron chi connectivity index (χ3n) is 4.20. The van der Waals surface area contributed by atoms with Crippen LogP contribution in [0.1, 0.15) is 24.4 Å². The highest BCUT2D eigenvalue weighted by Gasteiger charge is 2.33. The highest BCUT2D eigenvalue weighted by atomic mass is 16.4. The van der Waals surface area contributed by atoms with E-state index in [4.69, 9.17) is 8.83 Å². The first-order valence-corrected chi connectivity index (χ1v) is 8.17. The molecule has 3 aromatic rings. The van der Waals surface area contributed by atoms with Crippen LogP contribution in [0.25, 0.3) is 11.7 Å². The zero-order chi connectivity index (χ0) is 17.2. The van der Waals surface area contributed by atoms with Crippen molar-refractivity contribution in [1.29, 1.82) is 0 Å². The van der Waals surface area contributed by atoms with E-state index in [2.05, 4.69) is 10.4 Å². The van der Waals surface area contributed by atoms with Crippen LogP contribution >= 0.6 is 0 Å². The Morgan fingerprint density at radius 3 is 2.72 bits per heavy atom. The van der Waals surface area contributed by atoms with Crippen LogP contribution in [0.3, 0.4) is 0 Å². The molecule has 2 heterocycles. The molecular weight excluding hydrogens is 322 g/mol. The standard InChI is InChI=1S/C18H17N3O4/c22-15(19-16(13-8-9-13)12-5-2-1-3-6-12)11-21-18(23)25-17(20-21)14-7-4-10-24-14/h1-7,10,13,16H,8-9,11H2,(H,19,22). The van der Waals surface area contributed by atoms with Crippen molar-refractivity contribution in [3.63, 3.8) is 0 Å². The molecule has 1 N–H and O–H groups in total. The van der Waals surface area contributed by atoms with Crippen molar-refractivity contribution < 1.29 is 13.6 Å². The summed E-state index contributed by atoms with van der Waals surface area (Å²) in [7, 11) is 0. The predicted molar refractivity (Wildman–Crippen MR) is 88.5 cm³/mol. The molecule has 128 valence electrons. The van der Waals surface area contributed by atoms with Crippen LogP contribution in [0, 0.1) is 5.92 Å². The van der Waals surface area contributed by atoms with E-state index in [-0.39, 0.29) is 24.4 Å². The Kier molecular flexibility index (Phi) is 3.97. The number of carbonyl (C=O) groups excluding carboxylic acids is 1. The van der Waals surface area contributed by atoms with E-state index in [0.29, 0.717) is 11.7 Å². The van der Waals surface area contributed by atoms with Gasteiger partial charge in [-0.3, -0.25) is 4.79 Å². The van der Waals surface area contributed by atoms with Gasteiger partial charge in [0.15, 0.2) is 5.76 Å². The second kappa shape index (κ2) is 6.43. The number of hydrogen-bond donors (Lipinski definition) is 1. The maximum Gasteiger partial charge on any atom is 0.437 e. The second-order valence-electron chi connectivity index (χ2n) is 6.10. The first kappa shape index (κ1) is 15.4. The molecule has 7 nitrogen and oxygen atoms in total. The molecular formula is C18H17N3O4. The van der Waals surface area contributed by atoms with Crippen molar-refractivity contribution >= 4 is 5.91 Å². The number of benzene rings is 1. The molecule has 0 radical (unpaired) electrons. The van der Waals surface area contributed by atoms with Crippen molar-refractivity contribution in [2.75, 3.05) is 0 Å². The average Bonchev–Trinajstić information content (AvgIpc) is 3.18. The van der Waals surface area contributed by atoms with Gasteiger partial charge in [-0.05, 0) is 36.5 Å². The van der Waals surface area contributed by atoms with E-state index < -0.39 is 5.76 Å². The fourth-order valence-electron chi connectivity index (χ4n) is 2.82. The molecule has 0 spiro atoms. The Balaban J connectivity index is 1.48. The lowest BCUT2D eigenvalue weighted by Crippen LogP contribution is -2.35. The minimum atomic E-state index is -0.691. The molecule has 7 heteroatoms. The SMILES string of the molecule is O=C(Cn1nc(-c2ccco2)oc1=O)NC(c1ccccc1)C1CC1. The number of rotatable bonds is 6. The van der Waals surface area contributed by atoms with Crippen molar-refractivity contribution in [2.24, 2.45) is 5.92 Å². The number of aromatic nitrogens is 2. The zero-order valence-electron chi connectivity index (χ0n) is 13.4. The number of furan rings is 1. The normalized spacial score (nSPS) is 15.0. The van der Waals surface area contributed by atoms with Gasteiger partial charge in [-0.1, -0.05) is 30.3 Å². The molecule has 0 saturated heterocycles. The van der Waals surface area contributed by atoms with Gasteiger partial charge >= 0.3 is 5.76 Å². The van der Waals surface area contributed by atoms with Crippen LogP contribution < -0.4 is 11.1 Å². The summed E-state index contributed by atoms with van der Waals surface area (Å²) in [5.74, 6) is -0.119. The van der Waals surface area contributed by atoms with Gasteiger partial charge in [0.05, 0.1) is 12.3 Å². The average molecular weight is 339 g/mol. The third-order valence-corrected chi connectivity index (χ3v) is 4.20. The second-order valence-corrected chi connectivity index (χ2v) is 6.10. The summed E-state index contributed by atoms with van der Waals surface area (Å²) in [6, 6.07) is 13.1. The van der Waals surface area contributed by atoms with E-state index in [0.717, 1.165) is 23.1 Å². The fourth-order valence-corrected chi connectivity index (χ4v) is 2.82. The Labute approximate surface area is 143 Å². The Bertz CT molecular complexity index is 907. The molecule has 25 heavy (non-hydrogen) atoms. The molecule has 4 rings (SSSR count). The van der Waals surface area contributed by atoms with Gasteiger partial charge in [0.25, 0.3) is 5.89 Å². The summed E-state index contributed by atoms with van der Waals surface area (Å²) < 4.78 is 11.2. The minimum absolute atomic E-state index is 0.0409. The van der Waals surface area contributed by atoms with E-state index in [1.165, 1.54) is 6.26 Å². The van der Waals surface area contributed by atoms with Crippen LogP contribution in [-0.2, 0) is 11.3 Å². The van der Waals surface area contributed by atoms with Gasteiger partial charge < -0.3 is 14.2 Å². The number of nitrogens with zero attached hydrogens (tertiary/aromatic N) is 2. The van der Waals surface area contributed by atoms with Crippen LogP contribution in [-0.4, -0.2) is 15.7 Å². The topological polar surface area (TPSA) is 90.3 Å². The Morgan fingerprint density at radius 2 is 2.04 bits per heavy atom. The zero-order valence-corrected chi connectivity index (χ0v) is 13.4. The smallest absolute Gasteiger partial charge is 0.437 e. The van der Waals surface area contributed by atoms with Gasteiger partial charge in [0, 0.05) is 0 Å². The minimum Gasteiger partial charge on any atom is -0.459 e. The van der Waals surface area contributed by atoms with Crippen LogP contribution in [0.4, 0.5) is 0 Å². The maximum absolute atomic E-state index is 12.4. The Morgan fingerprint density at radius 1 is 1.24 bits per heavy atom. The van der Waals surface area contributed by atoms with E-state index in [9.17, 15) is 9.59 Å². The van der Waals surface area contributed by atoms with Gasteiger partial charge in [0.1, 0.15) is 6.54 Å². The van der Waals surface area contributed by atoms with Crippen molar-refractivity contribution in [3.05, 3.63) is 64.8 Å². The third kappa shape index (κ3) is 3.40. The highest BCUT2D eigenvalue weighted by molar-refractivity contribution is 5.76. The number of carbonyl (C=O) groups is 1. The number of hydrogen-bond acceptors (Lipinski definition) is 5. The molecule has 1 amide bonds. The van der Waals surface area contributed by atoms with Crippen LogP contribution in [0.15, 0.2) is 62.4 Å². The van der Waals surface area contributed by atoms with E-state index in [1.807, 2.05) is 30.3 Å². The quantitative estimate of drug-likeness (QED) is 0.744. The van der Waals surface area contributed by atoms with Gasteiger partial charge in [0.2, 0.25) is 5.91 Å². The number of nitrogens with one attached hydrogen (secondary N) is 1. The molecule has 1 unspecified atom stereocenters. The van der Waals surface area contributed by atoms with Gasteiger partial charge in [-0.15, -0.1) is 5.10 Å². The molecule has 1 fully saturated rings. The molecule has 1 aromatic carbocycles. The van der Waals surface area contributed by atoms with Crippen LogP contribution in [0.5, 0.6) is 0 Å². The monoisotopic (exact) mass is 339 g/mol. The van der Waals surface area contributed by atoms with E-state index in [1.54, 1.807) is 12.1 Å². The first-order valence-electron chi connectivity index (χ1n) is 8.17. The molecule has 1 aliphatic rings. The molecule has 1 saturated carbocycles. The highest BCUT2D eigenvalue weighted by Crippen LogP contribution is 2.40. The molecule has 1 atom stereocenters. The summed E-state index contributed by atoms with van der Waals surface area (Å²) in [5, 5.41) is 7.03. The van der Waals surface area contributed by atoms with Crippen molar-refractivity contribution in [1.82, 2.24) is 15.1 Å². The van der Waals surface area contributed by atoms with Crippen molar-refractivity contribution in [2.45, 2.75) is 25.4 Å². The lowest BCUT2D eigenvalue weighted by molar-refractivity contribution is -0.122. The Hall–Kier alpha value is -3.09. The summed E-state index contributed by atoms with van der Waals surface area (Å²) >= 11 is 0. The first-order chi connectivity index (χ1) is 12.2. The maximum atomic E-state index is 12.4. The summed E-state index contributed by atoms with van der Waals surface area (Å²) in [6.07, 6.45) is 3.64. The van der Waals surface area contributed by atoms with E-state index >= 15 is 0 Å². The lowest BCUT2D eigenvalue weighted by atomic mass is 10.0. The molecule has 0 bridgehead atoms. The predicted octanol–water partition coefficient (Wildman–Crippen LogP) is 2.36. The van der Waals surface area contributed by atoms with Gasteiger partial charge in [-0.2, -0.15) is 4.68 Å². The molecule has 0 aliphatic heterocycles. The molecule has 1 aliphatic carbocycles. The summed E-state index contributed by atoms with van der Waals surface area (Å²) in [4.78, 5) is 24.3. The summed E-state index contributed by atoms with van der Waals surface area (Å²) in [6.45, 7) is -0.195. The summed E-state index contributed by atoms with van der Waals surface area (Å²) in [5.41, 5.74) is 1.07. The van der Waals surface area contributed by atoms with Crippen LogP contribution in [0.2, 0.25) is 0 Å².